The first kappa shape index (κ1) is 21.5. The summed E-state index contributed by atoms with van der Waals surface area (Å²) in [5, 5.41) is 9.21. The number of benzene rings is 2. The minimum absolute atomic E-state index is 0.0376. The van der Waals surface area contributed by atoms with Crippen molar-refractivity contribution in [2.24, 2.45) is 0 Å². The molecule has 31 heavy (non-hydrogen) atoms. The number of amides is 1. The van der Waals surface area contributed by atoms with E-state index in [1.807, 2.05) is 47.0 Å². The summed E-state index contributed by atoms with van der Waals surface area (Å²) in [6.45, 7) is 0.497. The summed E-state index contributed by atoms with van der Waals surface area (Å²) >= 11 is 8.73. The lowest BCUT2D eigenvalue weighted by Gasteiger charge is -2.16. The van der Waals surface area contributed by atoms with Crippen LogP contribution in [-0.2, 0) is 11.3 Å². The topological polar surface area (TPSA) is 51.0 Å². The Morgan fingerprint density at radius 1 is 1.10 bits per heavy atom. The van der Waals surface area contributed by atoms with Gasteiger partial charge in [-0.05, 0) is 36.4 Å². The number of aromatic nitrogens is 3. The van der Waals surface area contributed by atoms with Crippen molar-refractivity contribution in [1.29, 1.82) is 0 Å². The Labute approximate surface area is 192 Å². The Hall–Kier alpha value is -2.68. The Bertz CT molecular complexity index is 1180. The van der Waals surface area contributed by atoms with Crippen LogP contribution in [0.5, 0.6) is 0 Å². The minimum Gasteiger partial charge on any atom is -0.340 e. The van der Waals surface area contributed by atoms with E-state index in [1.165, 1.54) is 35.2 Å². The van der Waals surface area contributed by atoms with E-state index in [0.29, 0.717) is 21.9 Å². The van der Waals surface area contributed by atoms with Gasteiger partial charge in [0.2, 0.25) is 5.91 Å². The van der Waals surface area contributed by atoms with Gasteiger partial charge in [-0.2, -0.15) is 0 Å². The second kappa shape index (κ2) is 9.64. The molecule has 0 fully saturated rings. The third kappa shape index (κ3) is 5.15. The van der Waals surface area contributed by atoms with Crippen molar-refractivity contribution in [3.05, 3.63) is 81.8 Å². The molecule has 0 atom stereocenters. The van der Waals surface area contributed by atoms with E-state index in [2.05, 4.69) is 10.2 Å². The number of hydrogen-bond acceptors (Lipinski definition) is 5. The summed E-state index contributed by atoms with van der Waals surface area (Å²) in [5.41, 5.74) is 1.60. The predicted molar refractivity (Wildman–Crippen MR) is 123 cm³/mol. The fourth-order valence-corrected chi connectivity index (χ4v) is 4.99. The Balaban J connectivity index is 1.56. The highest BCUT2D eigenvalue weighted by Gasteiger charge is 2.18. The van der Waals surface area contributed by atoms with Crippen LogP contribution in [0.25, 0.3) is 17.1 Å². The lowest BCUT2D eigenvalue weighted by atomic mass is 10.2. The molecule has 0 spiro atoms. The highest BCUT2D eigenvalue weighted by Crippen LogP contribution is 2.28. The number of carbonyl (C=O) groups is 1. The number of rotatable bonds is 7. The summed E-state index contributed by atoms with van der Waals surface area (Å²) in [4.78, 5) is 15.3. The fourth-order valence-electron chi connectivity index (χ4n) is 2.96. The molecule has 2 aromatic carbocycles. The molecule has 0 radical (unpaired) electrons. The molecule has 0 saturated carbocycles. The summed E-state index contributed by atoms with van der Waals surface area (Å²) < 4.78 is 16.0. The van der Waals surface area contributed by atoms with Gasteiger partial charge in [0, 0.05) is 23.2 Å². The van der Waals surface area contributed by atoms with Crippen molar-refractivity contribution in [3.8, 4) is 17.1 Å². The normalized spacial score (nSPS) is 10.9. The number of thiophene rings is 1. The number of nitrogens with zero attached hydrogens (tertiary/aromatic N) is 4. The van der Waals surface area contributed by atoms with Crippen molar-refractivity contribution in [2.75, 3.05) is 12.8 Å². The smallest absolute Gasteiger partial charge is 0.233 e. The molecule has 158 valence electrons. The molecule has 0 aliphatic heterocycles. The van der Waals surface area contributed by atoms with Crippen molar-refractivity contribution in [1.82, 2.24) is 19.7 Å². The van der Waals surface area contributed by atoms with Crippen LogP contribution in [0.3, 0.4) is 0 Å². The third-order valence-electron chi connectivity index (χ3n) is 4.52. The molecule has 0 N–H and O–H groups in total. The average Bonchev–Trinajstić information content (AvgIpc) is 3.39. The van der Waals surface area contributed by atoms with E-state index in [-0.39, 0.29) is 17.5 Å². The highest BCUT2D eigenvalue weighted by atomic mass is 35.5. The summed E-state index contributed by atoms with van der Waals surface area (Å²) in [6, 6.07) is 19.5. The second-order valence-electron chi connectivity index (χ2n) is 6.73. The molecule has 0 bridgehead atoms. The summed E-state index contributed by atoms with van der Waals surface area (Å²) in [5.74, 6) is 0.468. The van der Waals surface area contributed by atoms with Gasteiger partial charge in [0.25, 0.3) is 0 Å². The molecule has 0 aliphatic rings. The van der Waals surface area contributed by atoms with Crippen LogP contribution in [-0.4, -0.2) is 38.4 Å². The van der Waals surface area contributed by atoms with Crippen LogP contribution >= 0.6 is 34.7 Å². The molecule has 5 nitrogen and oxygen atoms in total. The van der Waals surface area contributed by atoms with Crippen LogP contribution in [0.4, 0.5) is 4.39 Å². The first-order valence-corrected chi connectivity index (χ1v) is 11.6. The van der Waals surface area contributed by atoms with Crippen molar-refractivity contribution >= 4 is 40.6 Å². The van der Waals surface area contributed by atoms with Gasteiger partial charge in [0.05, 0.1) is 16.6 Å². The largest absolute Gasteiger partial charge is 0.340 e. The van der Waals surface area contributed by atoms with Crippen LogP contribution in [0.2, 0.25) is 4.34 Å². The maximum absolute atomic E-state index is 13.5. The summed E-state index contributed by atoms with van der Waals surface area (Å²) in [6.07, 6.45) is 0. The zero-order valence-electron chi connectivity index (χ0n) is 16.5. The molecule has 0 unspecified atom stereocenters. The molecule has 4 aromatic rings. The predicted octanol–water partition coefficient (Wildman–Crippen LogP) is 5.54. The molecular weight excluding hydrogens is 455 g/mol. The van der Waals surface area contributed by atoms with Gasteiger partial charge in [-0.1, -0.05) is 53.7 Å². The Kier molecular flexibility index (Phi) is 6.70. The van der Waals surface area contributed by atoms with Crippen LogP contribution in [0.1, 0.15) is 4.88 Å². The van der Waals surface area contributed by atoms with Crippen molar-refractivity contribution in [2.45, 2.75) is 11.7 Å². The van der Waals surface area contributed by atoms with Crippen molar-refractivity contribution < 1.29 is 9.18 Å². The fraction of sp³-hybridized carbons (Fsp3) is 0.136. The highest BCUT2D eigenvalue weighted by molar-refractivity contribution is 7.99. The van der Waals surface area contributed by atoms with E-state index in [4.69, 9.17) is 11.6 Å². The molecule has 1 amide bonds. The average molecular weight is 473 g/mol. The molecule has 9 heteroatoms. The number of halogens is 2. The quantitative estimate of drug-likeness (QED) is 0.331. The zero-order valence-corrected chi connectivity index (χ0v) is 18.9. The maximum Gasteiger partial charge on any atom is 0.233 e. The molecule has 2 aromatic heterocycles. The van der Waals surface area contributed by atoms with Gasteiger partial charge in [-0.3, -0.25) is 9.36 Å². The van der Waals surface area contributed by atoms with Gasteiger partial charge in [0.15, 0.2) is 11.0 Å². The standard InChI is InChI=1S/C22H18ClFN4OS2/c1-27(13-18-11-12-19(23)31-18)20(29)14-30-22-26-25-21(15-5-3-2-4-6-15)28(22)17-9-7-16(24)8-10-17/h2-12H,13-14H2,1H3. The van der Waals surface area contributed by atoms with Gasteiger partial charge in [-0.25, -0.2) is 4.39 Å². The van der Waals surface area contributed by atoms with Crippen molar-refractivity contribution in [3.63, 3.8) is 0 Å². The Morgan fingerprint density at radius 3 is 2.52 bits per heavy atom. The van der Waals surface area contributed by atoms with Gasteiger partial charge in [0.1, 0.15) is 5.82 Å². The third-order valence-corrected chi connectivity index (χ3v) is 6.65. The Morgan fingerprint density at radius 2 is 1.84 bits per heavy atom. The van der Waals surface area contributed by atoms with E-state index < -0.39 is 0 Å². The monoisotopic (exact) mass is 472 g/mol. The van der Waals surface area contributed by atoms with Crippen LogP contribution in [0, 0.1) is 5.82 Å². The van der Waals surface area contributed by atoms with E-state index in [0.717, 1.165) is 16.1 Å². The minimum atomic E-state index is -0.322. The van der Waals surface area contributed by atoms with Crippen LogP contribution < -0.4 is 0 Å². The first-order valence-electron chi connectivity index (χ1n) is 9.39. The molecule has 4 rings (SSSR count). The number of hydrogen-bond donors (Lipinski definition) is 0. The lowest BCUT2D eigenvalue weighted by molar-refractivity contribution is -0.127. The van der Waals surface area contributed by atoms with E-state index in [1.54, 1.807) is 24.1 Å². The first-order chi connectivity index (χ1) is 15.0. The molecule has 0 saturated heterocycles. The van der Waals surface area contributed by atoms with Gasteiger partial charge < -0.3 is 4.90 Å². The van der Waals surface area contributed by atoms with E-state index >= 15 is 0 Å². The molecule has 2 heterocycles. The molecule has 0 aliphatic carbocycles. The number of carbonyl (C=O) groups excluding carboxylic acids is 1. The van der Waals surface area contributed by atoms with E-state index in [9.17, 15) is 9.18 Å². The number of thioether (sulfide) groups is 1. The summed E-state index contributed by atoms with van der Waals surface area (Å²) in [7, 11) is 1.76. The van der Waals surface area contributed by atoms with Gasteiger partial charge in [-0.15, -0.1) is 21.5 Å². The van der Waals surface area contributed by atoms with Gasteiger partial charge >= 0.3 is 0 Å². The molecular formula is C22H18ClFN4OS2. The zero-order chi connectivity index (χ0) is 21.8. The SMILES string of the molecule is CN(Cc1ccc(Cl)s1)C(=O)CSc1nnc(-c2ccccc2)n1-c1ccc(F)cc1. The van der Waals surface area contributed by atoms with Crippen LogP contribution in [0.15, 0.2) is 71.9 Å². The lowest BCUT2D eigenvalue weighted by Crippen LogP contribution is -2.27. The second-order valence-corrected chi connectivity index (χ2v) is 9.47. The maximum atomic E-state index is 13.5.